The maximum absolute atomic E-state index is 13.0. The van der Waals surface area contributed by atoms with E-state index >= 15 is 0 Å². The summed E-state index contributed by atoms with van der Waals surface area (Å²) in [5, 5.41) is 11.4. The molecule has 4 aromatic rings. The Balaban J connectivity index is 1.72. The van der Waals surface area contributed by atoms with E-state index in [0.717, 1.165) is 11.1 Å². The zero-order chi connectivity index (χ0) is 20.9. The van der Waals surface area contributed by atoms with Crippen LogP contribution in [0.15, 0.2) is 73.1 Å². The van der Waals surface area contributed by atoms with Gasteiger partial charge in [0.2, 0.25) is 0 Å². The molecular weight excluding hydrogens is 378 g/mol. The lowest BCUT2D eigenvalue weighted by molar-refractivity contribution is 0.0946. The quantitative estimate of drug-likeness (QED) is 0.536. The van der Waals surface area contributed by atoms with Crippen LogP contribution in [0.25, 0.3) is 16.9 Å². The number of carbonyl (C=O) groups is 1. The molecule has 0 saturated heterocycles. The minimum absolute atomic E-state index is 0.235. The Morgan fingerprint density at radius 1 is 1.03 bits per heavy atom. The predicted octanol–water partition coefficient (Wildman–Crippen LogP) is 3.58. The summed E-state index contributed by atoms with van der Waals surface area (Å²) in [6, 6.07) is 19.1. The molecule has 7 heteroatoms. The third-order valence-corrected chi connectivity index (χ3v) is 4.73. The molecule has 0 aliphatic carbocycles. The number of rotatable bonds is 6. The topological polar surface area (TPSA) is 81.9 Å². The second kappa shape index (κ2) is 8.57. The first-order valence-electron chi connectivity index (χ1n) is 9.50. The summed E-state index contributed by atoms with van der Waals surface area (Å²) in [5.74, 6) is 0.327. The summed E-state index contributed by atoms with van der Waals surface area (Å²) in [6.45, 7) is 2.43. The average molecular weight is 399 g/mol. The van der Waals surface area contributed by atoms with Crippen molar-refractivity contribution in [3.8, 4) is 22.7 Å². The zero-order valence-electron chi connectivity index (χ0n) is 16.7. The van der Waals surface area contributed by atoms with Gasteiger partial charge >= 0.3 is 0 Å². The molecule has 0 fully saturated rings. The first-order valence-corrected chi connectivity index (χ1v) is 9.50. The molecule has 7 nitrogen and oxygen atoms in total. The van der Waals surface area contributed by atoms with Crippen LogP contribution in [0.4, 0.5) is 0 Å². The van der Waals surface area contributed by atoms with Crippen LogP contribution in [0.3, 0.4) is 0 Å². The van der Waals surface area contributed by atoms with Crippen LogP contribution in [-0.4, -0.2) is 33.0 Å². The number of hydrogen-bond acceptors (Lipinski definition) is 5. The van der Waals surface area contributed by atoms with Gasteiger partial charge in [-0.15, -0.1) is 5.10 Å². The summed E-state index contributed by atoms with van der Waals surface area (Å²) < 4.78 is 7.09. The van der Waals surface area contributed by atoms with E-state index in [1.165, 1.54) is 5.56 Å². The Kier molecular flexibility index (Phi) is 5.52. The van der Waals surface area contributed by atoms with Crippen molar-refractivity contribution < 1.29 is 9.53 Å². The highest BCUT2D eigenvalue weighted by Crippen LogP contribution is 2.29. The predicted molar refractivity (Wildman–Crippen MR) is 113 cm³/mol. The van der Waals surface area contributed by atoms with E-state index < -0.39 is 0 Å². The lowest BCUT2D eigenvalue weighted by Gasteiger charge is -2.11. The molecule has 0 radical (unpaired) electrons. The molecule has 4 rings (SSSR count). The van der Waals surface area contributed by atoms with Gasteiger partial charge in [-0.1, -0.05) is 47.2 Å². The Bertz CT molecular complexity index is 1150. The molecule has 2 heterocycles. The summed E-state index contributed by atoms with van der Waals surface area (Å²) >= 11 is 0. The number of amides is 1. The van der Waals surface area contributed by atoms with Gasteiger partial charge in [-0.25, -0.2) is 4.68 Å². The van der Waals surface area contributed by atoms with Crippen LogP contribution < -0.4 is 10.1 Å². The number of nitrogens with zero attached hydrogens (tertiary/aromatic N) is 4. The van der Waals surface area contributed by atoms with Crippen LogP contribution in [0, 0.1) is 6.92 Å². The lowest BCUT2D eigenvalue weighted by atomic mass is 10.1. The van der Waals surface area contributed by atoms with Crippen molar-refractivity contribution >= 4 is 5.91 Å². The number of nitrogens with one attached hydrogen (secondary N) is 1. The van der Waals surface area contributed by atoms with Gasteiger partial charge in [-0.2, -0.15) is 0 Å². The molecule has 2 aromatic heterocycles. The highest BCUT2D eigenvalue weighted by Gasteiger charge is 2.23. The highest BCUT2D eigenvalue weighted by atomic mass is 16.5. The van der Waals surface area contributed by atoms with E-state index in [1.807, 2.05) is 67.6 Å². The number of aromatic nitrogens is 4. The zero-order valence-corrected chi connectivity index (χ0v) is 16.7. The van der Waals surface area contributed by atoms with Crippen molar-refractivity contribution in [2.24, 2.45) is 0 Å². The van der Waals surface area contributed by atoms with Crippen LogP contribution in [-0.2, 0) is 6.54 Å². The van der Waals surface area contributed by atoms with Crippen molar-refractivity contribution in [1.29, 1.82) is 0 Å². The van der Waals surface area contributed by atoms with Crippen LogP contribution in [0.1, 0.15) is 21.6 Å². The van der Waals surface area contributed by atoms with E-state index in [-0.39, 0.29) is 11.6 Å². The second-order valence-corrected chi connectivity index (χ2v) is 6.77. The van der Waals surface area contributed by atoms with Crippen molar-refractivity contribution in [1.82, 2.24) is 25.3 Å². The monoisotopic (exact) mass is 399 g/mol. The van der Waals surface area contributed by atoms with Gasteiger partial charge in [-0.3, -0.25) is 9.78 Å². The van der Waals surface area contributed by atoms with Gasteiger partial charge in [-0.05, 0) is 36.8 Å². The van der Waals surface area contributed by atoms with Crippen molar-refractivity contribution in [3.63, 3.8) is 0 Å². The fourth-order valence-corrected chi connectivity index (χ4v) is 3.15. The van der Waals surface area contributed by atoms with Gasteiger partial charge in [0, 0.05) is 24.5 Å². The minimum atomic E-state index is -0.302. The van der Waals surface area contributed by atoms with Gasteiger partial charge in [0.1, 0.15) is 17.1 Å². The molecule has 0 bridgehead atoms. The lowest BCUT2D eigenvalue weighted by Crippen LogP contribution is -2.24. The molecule has 30 heavy (non-hydrogen) atoms. The average Bonchev–Trinajstić information content (AvgIpc) is 3.24. The van der Waals surface area contributed by atoms with Gasteiger partial charge in [0.15, 0.2) is 5.69 Å². The van der Waals surface area contributed by atoms with Gasteiger partial charge < -0.3 is 10.1 Å². The number of benzene rings is 2. The van der Waals surface area contributed by atoms with Crippen LogP contribution in [0.2, 0.25) is 0 Å². The standard InChI is InChI=1S/C23H21N5O2/c1-16-7-9-17(10-8-16)15-25-23(29)21-22(18-11-13-24-14-12-18)28(27-26-21)19-5-3-4-6-20(19)30-2/h3-14H,15H2,1-2H3,(H,25,29). The molecule has 2 aromatic carbocycles. The molecular formula is C23H21N5O2. The van der Waals surface area contributed by atoms with Crippen molar-refractivity contribution in [2.75, 3.05) is 7.11 Å². The minimum Gasteiger partial charge on any atom is -0.494 e. The fourth-order valence-electron chi connectivity index (χ4n) is 3.15. The summed E-state index contributed by atoms with van der Waals surface area (Å²) in [5.41, 5.74) is 4.46. The van der Waals surface area contributed by atoms with Gasteiger partial charge in [0.25, 0.3) is 5.91 Å². The molecule has 0 spiro atoms. The van der Waals surface area contributed by atoms with Gasteiger partial charge in [0.05, 0.1) is 7.11 Å². The number of methoxy groups -OCH3 is 1. The third-order valence-electron chi connectivity index (χ3n) is 4.73. The summed E-state index contributed by atoms with van der Waals surface area (Å²) in [6.07, 6.45) is 3.34. The molecule has 0 unspecified atom stereocenters. The summed E-state index contributed by atoms with van der Waals surface area (Å²) in [7, 11) is 1.59. The maximum atomic E-state index is 13.0. The molecule has 1 amide bonds. The number of aryl methyl sites for hydroxylation is 1. The molecule has 0 atom stereocenters. The largest absolute Gasteiger partial charge is 0.494 e. The van der Waals surface area contributed by atoms with Crippen LogP contribution >= 0.6 is 0 Å². The highest BCUT2D eigenvalue weighted by molar-refractivity contribution is 5.98. The molecule has 0 aliphatic heterocycles. The second-order valence-electron chi connectivity index (χ2n) is 6.77. The Morgan fingerprint density at radius 2 is 1.77 bits per heavy atom. The summed E-state index contributed by atoms with van der Waals surface area (Å²) in [4.78, 5) is 17.1. The van der Waals surface area contributed by atoms with E-state index in [2.05, 4.69) is 20.6 Å². The van der Waals surface area contributed by atoms with E-state index in [0.29, 0.717) is 23.7 Å². The SMILES string of the molecule is COc1ccccc1-n1nnc(C(=O)NCc2ccc(C)cc2)c1-c1ccncc1. The van der Waals surface area contributed by atoms with Crippen LogP contribution in [0.5, 0.6) is 5.75 Å². The third kappa shape index (κ3) is 3.91. The normalized spacial score (nSPS) is 10.6. The first-order chi connectivity index (χ1) is 14.7. The first kappa shape index (κ1) is 19.3. The molecule has 0 aliphatic rings. The Labute approximate surface area is 174 Å². The number of carbonyl (C=O) groups excluding carboxylic acids is 1. The molecule has 150 valence electrons. The Hall–Kier alpha value is -4.00. The maximum Gasteiger partial charge on any atom is 0.274 e. The Morgan fingerprint density at radius 3 is 2.50 bits per heavy atom. The number of para-hydroxylation sites is 2. The van der Waals surface area contributed by atoms with Crippen molar-refractivity contribution in [3.05, 3.63) is 89.9 Å². The smallest absolute Gasteiger partial charge is 0.274 e. The number of pyridine rings is 1. The number of hydrogen-bond donors (Lipinski definition) is 1. The fraction of sp³-hybridized carbons (Fsp3) is 0.130. The molecule has 1 N–H and O–H groups in total. The molecule has 0 saturated carbocycles. The van der Waals surface area contributed by atoms with E-state index in [9.17, 15) is 4.79 Å². The van der Waals surface area contributed by atoms with E-state index in [4.69, 9.17) is 4.74 Å². The number of ether oxygens (including phenoxy) is 1. The van der Waals surface area contributed by atoms with E-state index in [1.54, 1.807) is 24.2 Å². The van der Waals surface area contributed by atoms with Crippen molar-refractivity contribution in [2.45, 2.75) is 13.5 Å².